The first-order valence-electron chi connectivity index (χ1n) is 8.06. The molecule has 0 bridgehead atoms. The zero-order chi connectivity index (χ0) is 19.4. The Morgan fingerprint density at radius 3 is 2.44 bits per heavy atom. The third kappa shape index (κ3) is 4.51. The molecular weight excluding hydrogens is 393 g/mol. The van der Waals surface area contributed by atoms with Gasteiger partial charge in [-0.15, -0.1) is 0 Å². The maximum atomic E-state index is 13.2. The molecule has 1 aromatic heterocycles. The first kappa shape index (κ1) is 19.4. The van der Waals surface area contributed by atoms with Crippen molar-refractivity contribution in [3.05, 3.63) is 65.7 Å². The Bertz CT molecular complexity index is 940. The van der Waals surface area contributed by atoms with Gasteiger partial charge in [0.25, 0.3) is 5.91 Å². The molecule has 27 heavy (non-hydrogen) atoms. The number of hydrogen-bond acceptors (Lipinski definition) is 4. The maximum absolute atomic E-state index is 13.2. The van der Waals surface area contributed by atoms with Gasteiger partial charge in [-0.1, -0.05) is 72.5 Å². The molecule has 0 radical (unpaired) electrons. The van der Waals surface area contributed by atoms with E-state index in [0.29, 0.717) is 10.7 Å². The molecule has 1 amide bonds. The Labute approximate surface area is 162 Å². The average molecular weight is 408 g/mol. The zero-order valence-electron chi connectivity index (χ0n) is 14.2. The van der Waals surface area contributed by atoms with Crippen LogP contribution in [0.25, 0.3) is 11.3 Å². The fraction of sp³-hybridized carbons (Fsp3) is 0.158. The number of amides is 1. The lowest BCUT2D eigenvalue weighted by Crippen LogP contribution is -2.18. The quantitative estimate of drug-likeness (QED) is 0.512. The number of carbonyl (C=O) groups is 1. The molecule has 0 saturated carbocycles. The molecule has 140 valence electrons. The lowest BCUT2D eigenvalue weighted by Gasteiger charge is -2.12. The summed E-state index contributed by atoms with van der Waals surface area (Å²) >= 11 is 2.77. The smallest absolute Gasteiger partial charge is 0.312 e. The minimum absolute atomic E-state index is 0.415. The number of halogens is 3. The summed E-state index contributed by atoms with van der Waals surface area (Å²) in [6.07, 6.45) is -4.60. The van der Waals surface area contributed by atoms with Gasteiger partial charge in [0.05, 0.1) is 11.1 Å². The fourth-order valence-electron chi connectivity index (χ4n) is 2.46. The van der Waals surface area contributed by atoms with Gasteiger partial charge >= 0.3 is 6.18 Å². The highest BCUT2D eigenvalue weighted by molar-refractivity contribution is 8.01. The number of thioether (sulfide) groups is 1. The molecule has 1 heterocycles. The number of carbonyl (C=O) groups excluding carboxylic acids is 1. The molecule has 0 saturated heterocycles. The fourth-order valence-corrected chi connectivity index (χ4v) is 4.42. The average Bonchev–Trinajstić information content (AvgIpc) is 3.04. The van der Waals surface area contributed by atoms with E-state index in [0.717, 1.165) is 21.7 Å². The third-order valence-electron chi connectivity index (χ3n) is 3.63. The predicted octanol–water partition coefficient (Wildman–Crippen LogP) is 6.19. The predicted molar refractivity (Wildman–Crippen MR) is 103 cm³/mol. The Morgan fingerprint density at radius 1 is 1.11 bits per heavy atom. The summed E-state index contributed by atoms with van der Waals surface area (Å²) in [6, 6.07) is 14.0. The topological polar surface area (TPSA) is 42.0 Å². The highest BCUT2D eigenvalue weighted by Crippen LogP contribution is 2.38. The molecule has 3 aromatic rings. The summed E-state index contributed by atoms with van der Waals surface area (Å²) in [5.74, 6) is -0.0109. The number of rotatable bonds is 5. The van der Waals surface area contributed by atoms with E-state index in [9.17, 15) is 18.0 Å². The monoisotopic (exact) mass is 408 g/mol. The Kier molecular flexibility index (Phi) is 5.86. The molecule has 0 fully saturated rings. The molecule has 0 unspecified atom stereocenters. The maximum Gasteiger partial charge on any atom is 0.417 e. The van der Waals surface area contributed by atoms with Crippen LogP contribution in [0.4, 0.5) is 18.2 Å². The Balaban J connectivity index is 1.97. The van der Waals surface area contributed by atoms with E-state index in [2.05, 4.69) is 10.3 Å². The van der Waals surface area contributed by atoms with Crippen LogP contribution < -0.4 is 5.32 Å². The first-order valence-corrected chi connectivity index (χ1v) is 9.87. The van der Waals surface area contributed by atoms with Crippen molar-refractivity contribution in [3.8, 4) is 11.3 Å². The van der Waals surface area contributed by atoms with E-state index >= 15 is 0 Å². The van der Waals surface area contributed by atoms with Gasteiger partial charge in [-0.05, 0) is 17.9 Å². The van der Waals surface area contributed by atoms with Crippen molar-refractivity contribution in [1.82, 2.24) is 4.98 Å². The Hall–Kier alpha value is -2.32. The summed E-state index contributed by atoms with van der Waals surface area (Å²) in [6.45, 7) is 1.98. The summed E-state index contributed by atoms with van der Waals surface area (Å²) < 4.78 is 40.4. The van der Waals surface area contributed by atoms with E-state index < -0.39 is 23.2 Å². The highest BCUT2D eigenvalue weighted by atomic mass is 32.2. The molecule has 2 aromatic carbocycles. The molecule has 0 atom stereocenters. The number of nitrogens with one attached hydrogen (secondary N) is 1. The van der Waals surface area contributed by atoms with E-state index in [4.69, 9.17) is 0 Å². The van der Waals surface area contributed by atoms with Crippen LogP contribution in [-0.4, -0.2) is 16.6 Å². The van der Waals surface area contributed by atoms with Crippen LogP contribution in [0, 0.1) is 0 Å². The molecule has 0 spiro atoms. The summed E-state index contributed by atoms with van der Waals surface area (Å²) in [7, 11) is 0. The van der Waals surface area contributed by atoms with E-state index in [1.807, 2.05) is 37.3 Å². The van der Waals surface area contributed by atoms with Crippen LogP contribution in [0.2, 0.25) is 0 Å². The number of thiazole rings is 1. The number of aromatic nitrogens is 1. The number of nitrogens with zero attached hydrogens (tertiary/aromatic N) is 1. The Morgan fingerprint density at radius 2 is 1.78 bits per heavy atom. The van der Waals surface area contributed by atoms with Crippen LogP contribution >= 0.6 is 23.1 Å². The van der Waals surface area contributed by atoms with Crippen molar-refractivity contribution < 1.29 is 18.0 Å². The number of hydrogen-bond donors (Lipinski definition) is 1. The second kappa shape index (κ2) is 8.14. The molecule has 0 aliphatic carbocycles. The van der Waals surface area contributed by atoms with Gasteiger partial charge in [0.15, 0.2) is 4.34 Å². The standard InChI is InChI=1S/C19H15F3N2OS2/c1-2-26-18-23-15(12-8-4-3-5-9-12)17(27-18)24-16(25)13-10-6-7-11-14(13)19(20,21)22/h3-11H,2H2,1H3,(H,24,25). The van der Waals surface area contributed by atoms with Gasteiger partial charge in [-0.2, -0.15) is 13.2 Å². The number of alkyl halides is 3. The van der Waals surface area contributed by atoms with Crippen molar-refractivity contribution in [2.45, 2.75) is 17.4 Å². The molecular formula is C19H15F3N2OS2. The van der Waals surface area contributed by atoms with Gasteiger partial charge in [0.1, 0.15) is 10.7 Å². The van der Waals surface area contributed by atoms with Crippen molar-refractivity contribution in [2.75, 3.05) is 11.1 Å². The van der Waals surface area contributed by atoms with Crippen LogP contribution in [0.15, 0.2) is 58.9 Å². The van der Waals surface area contributed by atoms with Crippen LogP contribution in [-0.2, 0) is 6.18 Å². The summed E-state index contributed by atoms with van der Waals surface area (Å²) in [5, 5.41) is 3.05. The molecule has 1 N–H and O–H groups in total. The molecule has 3 nitrogen and oxygen atoms in total. The zero-order valence-corrected chi connectivity index (χ0v) is 15.8. The molecule has 0 aliphatic heterocycles. The highest BCUT2D eigenvalue weighted by Gasteiger charge is 2.35. The lowest BCUT2D eigenvalue weighted by atomic mass is 10.1. The van der Waals surface area contributed by atoms with E-state index in [1.54, 1.807) is 0 Å². The van der Waals surface area contributed by atoms with Crippen LogP contribution in [0.1, 0.15) is 22.8 Å². The van der Waals surface area contributed by atoms with Gasteiger partial charge in [0.2, 0.25) is 0 Å². The van der Waals surface area contributed by atoms with Crippen LogP contribution in [0.5, 0.6) is 0 Å². The second-order valence-electron chi connectivity index (χ2n) is 5.45. The van der Waals surface area contributed by atoms with Gasteiger partial charge in [-0.25, -0.2) is 4.98 Å². The normalized spacial score (nSPS) is 11.4. The third-order valence-corrected chi connectivity index (χ3v) is 5.62. The molecule has 0 aliphatic rings. The molecule has 3 rings (SSSR count). The summed E-state index contributed by atoms with van der Waals surface area (Å²) in [4.78, 5) is 17.1. The van der Waals surface area contributed by atoms with Crippen molar-refractivity contribution in [3.63, 3.8) is 0 Å². The van der Waals surface area contributed by atoms with Gasteiger partial charge in [-0.3, -0.25) is 4.79 Å². The summed E-state index contributed by atoms with van der Waals surface area (Å²) in [5.41, 5.74) is -0.0379. The lowest BCUT2D eigenvalue weighted by molar-refractivity contribution is -0.137. The van der Waals surface area contributed by atoms with Crippen LogP contribution in [0.3, 0.4) is 0 Å². The molecule has 8 heteroatoms. The minimum atomic E-state index is -4.60. The van der Waals surface area contributed by atoms with Gasteiger partial charge < -0.3 is 5.32 Å². The number of anilines is 1. The van der Waals surface area contributed by atoms with E-state index in [-0.39, 0.29) is 0 Å². The van der Waals surface area contributed by atoms with Crippen molar-refractivity contribution in [2.24, 2.45) is 0 Å². The first-order chi connectivity index (χ1) is 12.9. The largest absolute Gasteiger partial charge is 0.417 e. The minimum Gasteiger partial charge on any atom is -0.312 e. The SMILES string of the molecule is CCSc1nc(-c2ccccc2)c(NC(=O)c2ccccc2C(F)(F)F)s1. The van der Waals surface area contributed by atoms with Gasteiger partial charge in [0, 0.05) is 5.56 Å². The van der Waals surface area contributed by atoms with Crippen molar-refractivity contribution in [1.29, 1.82) is 0 Å². The van der Waals surface area contributed by atoms with E-state index in [1.165, 1.54) is 41.3 Å². The van der Waals surface area contributed by atoms with Crippen molar-refractivity contribution >= 4 is 34.0 Å². The number of benzene rings is 2. The second-order valence-corrected chi connectivity index (χ2v) is 7.96.